The van der Waals surface area contributed by atoms with Gasteiger partial charge in [-0.05, 0) is 31.0 Å². The van der Waals surface area contributed by atoms with E-state index in [0.29, 0.717) is 13.0 Å². The van der Waals surface area contributed by atoms with Gasteiger partial charge < -0.3 is 11.1 Å². The molecular formula is C12H17BrF2N2. The first-order valence-electron chi connectivity index (χ1n) is 5.43. The third kappa shape index (κ3) is 5.10. The number of nitrogens with one attached hydrogen (secondary N) is 1. The van der Waals surface area contributed by atoms with E-state index in [0.717, 1.165) is 10.0 Å². The highest BCUT2D eigenvalue weighted by atomic mass is 79.9. The highest BCUT2D eigenvalue weighted by Crippen LogP contribution is 2.16. The lowest BCUT2D eigenvalue weighted by atomic mass is 9.93. The van der Waals surface area contributed by atoms with Crippen LogP contribution >= 0.6 is 15.9 Å². The fourth-order valence-corrected chi connectivity index (χ4v) is 1.85. The monoisotopic (exact) mass is 306 g/mol. The summed E-state index contributed by atoms with van der Waals surface area (Å²) in [6, 6.07) is 7.78. The molecular weight excluding hydrogens is 290 g/mol. The Hall–Kier alpha value is -0.520. The van der Waals surface area contributed by atoms with E-state index < -0.39 is 12.0 Å². The molecule has 0 aliphatic carbocycles. The van der Waals surface area contributed by atoms with Gasteiger partial charge in [-0.3, -0.25) is 0 Å². The van der Waals surface area contributed by atoms with E-state index in [-0.39, 0.29) is 6.54 Å². The Morgan fingerprint density at radius 3 is 2.41 bits per heavy atom. The van der Waals surface area contributed by atoms with Crippen molar-refractivity contribution in [3.05, 3.63) is 34.3 Å². The number of hydrogen-bond donors (Lipinski definition) is 2. The van der Waals surface area contributed by atoms with Crippen LogP contribution in [0.25, 0.3) is 0 Å². The van der Waals surface area contributed by atoms with Gasteiger partial charge in [-0.1, -0.05) is 28.1 Å². The smallest absolute Gasteiger partial charge is 0.250 e. The molecule has 0 saturated heterocycles. The minimum absolute atomic E-state index is 0.315. The Bertz CT molecular complexity index is 343. The molecule has 0 aliphatic rings. The Balaban J connectivity index is 2.64. The van der Waals surface area contributed by atoms with Crippen LogP contribution in [0.4, 0.5) is 8.78 Å². The zero-order chi connectivity index (χ0) is 12.9. The van der Waals surface area contributed by atoms with Crippen molar-refractivity contribution in [3.8, 4) is 0 Å². The molecule has 2 nitrogen and oxygen atoms in total. The molecule has 0 saturated carbocycles. The van der Waals surface area contributed by atoms with Crippen LogP contribution in [0.1, 0.15) is 12.5 Å². The van der Waals surface area contributed by atoms with Crippen molar-refractivity contribution >= 4 is 15.9 Å². The second kappa shape index (κ2) is 6.42. The molecule has 1 rings (SSSR count). The largest absolute Gasteiger partial charge is 0.329 e. The minimum atomic E-state index is -2.36. The van der Waals surface area contributed by atoms with Crippen LogP contribution in [-0.2, 0) is 6.42 Å². The summed E-state index contributed by atoms with van der Waals surface area (Å²) in [4.78, 5) is 0. The number of nitrogens with two attached hydrogens (primary N) is 1. The summed E-state index contributed by atoms with van der Waals surface area (Å²) in [7, 11) is 0. The number of hydrogen-bond acceptors (Lipinski definition) is 2. The molecule has 0 radical (unpaired) electrons. The van der Waals surface area contributed by atoms with Crippen LogP contribution in [0.2, 0.25) is 0 Å². The fraction of sp³-hybridized carbons (Fsp3) is 0.500. The molecule has 0 heterocycles. The van der Waals surface area contributed by atoms with Crippen molar-refractivity contribution in [2.24, 2.45) is 5.73 Å². The van der Waals surface area contributed by atoms with Gasteiger partial charge in [0.25, 0.3) is 6.43 Å². The quantitative estimate of drug-likeness (QED) is 0.848. The average molecular weight is 307 g/mol. The summed E-state index contributed by atoms with van der Waals surface area (Å²) in [5, 5.41) is 2.82. The van der Waals surface area contributed by atoms with Crippen LogP contribution in [0.5, 0.6) is 0 Å². The summed E-state index contributed by atoms with van der Waals surface area (Å²) in [6.45, 7) is 1.84. The Kier molecular flexibility index (Phi) is 5.49. The molecule has 0 aromatic heterocycles. The molecule has 1 unspecified atom stereocenters. The van der Waals surface area contributed by atoms with Gasteiger partial charge in [0.1, 0.15) is 0 Å². The van der Waals surface area contributed by atoms with E-state index in [1.54, 1.807) is 0 Å². The van der Waals surface area contributed by atoms with Crippen molar-refractivity contribution in [2.45, 2.75) is 25.3 Å². The molecule has 0 aliphatic heterocycles. The first-order valence-corrected chi connectivity index (χ1v) is 6.22. The summed E-state index contributed by atoms with van der Waals surface area (Å²) in [5.41, 5.74) is 6.23. The van der Waals surface area contributed by atoms with Gasteiger partial charge >= 0.3 is 0 Å². The highest BCUT2D eigenvalue weighted by molar-refractivity contribution is 9.10. The third-order valence-corrected chi connectivity index (χ3v) is 3.17. The zero-order valence-corrected chi connectivity index (χ0v) is 11.3. The zero-order valence-electron chi connectivity index (χ0n) is 9.72. The number of halogens is 3. The maximum absolute atomic E-state index is 12.2. The maximum Gasteiger partial charge on any atom is 0.250 e. The van der Waals surface area contributed by atoms with Gasteiger partial charge in [-0.25, -0.2) is 8.78 Å². The molecule has 0 amide bonds. The van der Waals surface area contributed by atoms with E-state index in [1.807, 2.05) is 31.2 Å². The summed E-state index contributed by atoms with van der Waals surface area (Å²) >= 11 is 3.35. The molecule has 96 valence electrons. The van der Waals surface area contributed by atoms with Gasteiger partial charge in [-0.15, -0.1) is 0 Å². The molecule has 0 bridgehead atoms. The highest BCUT2D eigenvalue weighted by Gasteiger charge is 2.23. The third-order valence-electron chi connectivity index (χ3n) is 2.64. The predicted molar refractivity (Wildman–Crippen MR) is 69.3 cm³/mol. The van der Waals surface area contributed by atoms with Gasteiger partial charge in [0.2, 0.25) is 0 Å². The molecule has 1 aromatic carbocycles. The molecule has 0 spiro atoms. The first-order chi connectivity index (χ1) is 7.95. The van der Waals surface area contributed by atoms with E-state index in [9.17, 15) is 8.78 Å². The first kappa shape index (κ1) is 14.5. The molecule has 17 heavy (non-hydrogen) atoms. The van der Waals surface area contributed by atoms with Crippen molar-refractivity contribution < 1.29 is 8.78 Å². The van der Waals surface area contributed by atoms with Crippen molar-refractivity contribution in [1.82, 2.24) is 5.32 Å². The van der Waals surface area contributed by atoms with Gasteiger partial charge in [0, 0.05) is 16.6 Å². The molecule has 1 aromatic rings. The molecule has 1 atom stereocenters. The summed E-state index contributed by atoms with van der Waals surface area (Å²) < 4.78 is 25.4. The van der Waals surface area contributed by atoms with Crippen LogP contribution in [0.3, 0.4) is 0 Å². The molecule has 5 heteroatoms. The van der Waals surface area contributed by atoms with E-state index in [2.05, 4.69) is 21.2 Å². The molecule has 3 N–H and O–H groups in total. The van der Waals surface area contributed by atoms with E-state index in [4.69, 9.17) is 5.73 Å². The lowest BCUT2D eigenvalue weighted by molar-refractivity contribution is 0.132. The normalized spacial score (nSPS) is 14.9. The van der Waals surface area contributed by atoms with Crippen molar-refractivity contribution in [1.29, 1.82) is 0 Å². The second-order valence-electron chi connectivity index (χ2n) is 4.34. The van der Waals surface area contributed by atoms with E-state index >= 15 is 0 Å². The van der Waals surface area contributed by atoms with Gasteiger partial charge in [0.15, 0.2) is 0 Å². The van der Waals surface area contributed by atoms with Crippen molar-refractivity contribution in [2.75, 3.05) is 13.1 Å². The van der Waals surface area contributed by atoms with Crippen LogP contribution in [0, 0.1) is 0 Å². The SMILES string of the molecule is CC(CN)(Cc1ccc(Br)cc1)NCC(F)F. The maximum atomic E-state index is 12.2. The standard InChI is InChI=1S/C12H17BrF2N2/c1-12(8-16,17-7-11(14)15)6-9-2-4-10(13)5-3-9/h2-5,11,17H,6-8,16H2,1H3. The number of rotatable bonds is 6. The van der Waals surface area contributed by atoms with Gasteiger partial charge in [0.05, 0.1) is 6.54 Å². The summed E-state index contributed by atoms with van der Waals surface area (Å²) in [5.74, 6) is 0. The number of benzene rings is 1. The lowest BCUT2D eigenvalue weighted by Gasteiger charge is -2.29. The average Bonchev–Trinajstić information content (AvgIpc) is 2.30. The second-order valence-corrected chi connectivity index (χ2v) is 5.26. The Morgan fingerprint density at radius 2 is 1.94 bits per heavy atom. The lowest BCUT2D eigenvalue weighted by Crippen LogP contribution is -2.51. The molecule has 0 fully saturated rings. The number of alkyl halides is 2. The summed E-state index contributed by atoms with van der Waals surface area (Å²) in [6.07, 6.45) is -1.73. The van der Waals surface area contributed by atoms with Crippen molar-refractivity contribution in [3.63, 3.8) is 0 Å². The Labute approximate surface area is 109 Å². The Morgan fingerprint density at radius 1 is 1.35 bits per heavy atom. The van der Waals surface area contributed by atoms with Crippen LogP contribution in [0.15, 0.2) is 28.7 Å². The van der Waals surface area contributed by atoms with Crippen LogP contribution < -0.4 is 11.1 Å². The minimum Gasteiger partial charge on any atom is -0.329 e. The van der Waals surface area contributed by atoms with Crippen LogP contribution in [-0.4, -0.2) is 25.1 Å². The fourth-order valence-electron chi connectivity index (χ4n) is 1.58. The van der Waals surface area contributed by atoms with E-state index in [1.165, 1.54) is 0 Å². The topological polar surface area (TPSA) is 38.0 Å². The van der Waals surface area contributed by atoms with Gasteiger partial charge in [-0.2, -0.15) is 0 Å². The predicted octanol–water partition coefficient (Wildman–Crippen LogP) is 2.56.